The van der Waals surface area contributed by atoms with E-state index in [1.54, 1.807) is 0 Å². The van der Waals surface area contributed by atoms with Crippen molar-refractivity contribution in [2.45, 2.75) is 39.7 Å². The number of rotatable bonds is 5. The lowest BCUT2D eigenvalue weighted by molar-refractivity contribution is -0.143. The number of carbonyl (C=O) groups is 1. The second kappa shape index (κ2) is 5.81. The lowest BCUT2D eigenvalue weighted by Gasteiger charge is -2.16. The Morgan fingerprint density at radius 1 is 1.58 bits per heavy atom. The lowest BCUT2D eigenvalue weighted by atomic mass is 10.0. The van der Waals surface area contributed by atoms with Gasteiger partial charge in [0.1, 0.15) is 6.10 Å². The van der Waals surface area contributed by atoms with Crippen molar-refractivity contribution in [3.05, 3.63) is 12.7 Å². The molecule has 0 amide bonds. The Morgan fingerprint density at radius 2 is 2.17 bits per heavy atom. The Labute approximate surface area is 74.6 Å². The van der Waals surface area contributed by atoms with Gasteiger partial charge in [-0.1, -0.05) is 27.4 Å². The maximum Gasteiger partial charge on any atom is 0.330 e. The smallest absolute Gasteiger partial charge is 0.330 e. The molecule has 0 aliphatic rings. The summed E-state index contributed by atoms with van der Waals surface area (Å²) < 4.78 is 5.10. The summed E-state index contributed by atoms with van der Waals surface area (Å²) in [7, 11) is 0. The fourth-order valence-corrected chi connectivity index (χ4v) is 1.04. The maximum atomic E-state index is 10.8. The van der Waals surface area contributed by atoms with Crippen LogP contribution in [0.15, 0.2) is 12.7 Å². The van der Waals surface area contributed by atoms with Crippen LogP contribution in [0, 0.1) is 5.92 Å². The van der Waals surface area contributed by atoms with Gasteiger partial charge in [-0.3, -0.25) is 0 Å². The van der Waals surface area contributed by atoms with Crippen LogP contribution in [0.25, 0.3) is 0 Å². The molecule has 0 rings (SSSR count). The number of hydrogen-bond donors (Lipinski definition) is 0. The highest BCUT2D eigenvalue weighted by Crippen LogP contribution is 2.11. The van der Waals surface area contributed by atoms with Crippen LogP contribution in [-0.2, 0) is 9.53 Å². The van der Waals surface area contributed by atoms with E-state index in [2.05, 4.69) is 20.4 Å². The van der Waals surface area contributed by atoms with E-state index in [4.69, 9.17) is 4.74 Å². The summed E-state index contributed by atoms with van der Waals surface area (Å²) >= 11 is 0. The fraction of sp³-hybridized carbons (Fsp3) is 0.700. The predicted molar refractivity (Wildman–Crippen MR) is 49.8 cm³/mol. The van der Waals surface area contributed by atoms with E-state index in [0.717, 1.165) is 12.8 Å². The molecule has 12 heavy (non-hydrogen) atoms. The Bertz CT molecular complexity index is 150. The Hall–Kier alpha value is -0.790. The standard InChI is InChI=1S/C10H18O2/c1-5-9(7-8(3)4)12-10(11)6-2/h6,8-9H,2,5,7H2,1,3-4H3. The van der Waals surface area contributed by atoms with Crippen LogP contribution in [0.3, 0.4) is 0 Å². The van der Waals surface area contributed by atoms with Crippen molar-refractivity contribution >= 4 is 5.97 Å². The average Bonchev–Trinajstić information content (AvgIpc) is 2.02. The van der Waals surface area contributed by atoms with Gasteiger partial charge in [0.05, 0.1) is 0 Å². The minimum Gasteiger partial charge on any atom is -0.459 e. The summed E-state index contributed by atoms with van der Waals surface area (Å²) in [5, 5.41) is 0. The Morgan fingerprint density at radius 3 is 2.50 bits per heavy atom. The van der Waals surface area contributed by atoms with Gasteiger partial charge in [0.15, 0.2) is 0 Å². The molecule has 0 radical (unpaired) electrons. The zero-order valence-corrected chi connectivity index (χ0v) is 8.17. The molecule has 1 atom stereocenters. The topological polar surface area (TPSA) is 26.3 Å². The summed E-state index contributed by atoms with van der Waals surface area (Å²) in [5.41, 5.74) is 0. The highest BCUT2D eigenvalue weighted by atomic mass is 16.5. The van der Waals surface area contributed by atoms with Crippen molar-refractivity contribution in [1.82, 2.24) is 0 Å². The van der Waals surface area contributed by atoms with Crippen molar-refractivity contribution < 1.29 is 9.53 Å². The Balaban J connectivity index is 3.82. The second-order valence-corrected chi connectivity index (χ2v) is 3.30. The molecule has 0 aromatic rings. The van der Waals surface area contributed by atoms with Gasteiger partial charge in [-0.15, -0.1) is 0 Å². The van der Waals surface area contributed by atoms with Crippen LogP contribution in [0.2, 0.25) is 0 Å². The maximum absolute atomic E-state index is 10.8. The summed E-state index contributed by atoms with van der Waals surface area (Å²) in [6.07, 6.45) is 3.06. The average molecular weight is 170 g/mol. The van der Waals surface area contributed by atoms with Gasteiger partial charge in [0.2, 0.25) is 0 Å². The van der Waals surface area contributed by atoms with Gasteiger partial charge in [-0.05, 0) is 18.8 Å². The third-order valence-corrected chi connectivity index (χ3v) is 1.64. The van der Waals surface area contributed by atoms with Gasteiger partial charge < -0.3 is 4.74 Å². The van der Waals surface area contributed by atoms with E-state index in [0.29, 0.717) is 5.92 Å². The van der Waals surface area contributed by atoms with E-state index in [1.165, 1.54) is 6.08 Å². The van der Waals surface area contributed by atoms with Gasteiger partial charge in [-0.2, -0.15) is 0 Å². The highest BCUT2D eigenvalue weighted by molar-refractivity contribution is 5.81. The first-order valence-corrected chi connectivity index (χ1v) is 4.43. The molecular weight excluding hydrogens is 152 g/mol. The molecule has 0 aliphatic carbocycles. The third kappa shape index (κ3) is 4.94. The van der Waals surface area contributed by atoms with E-state index in [1.807, 2.05) is 6.92 Å². The van der Waals surface area contributed by atoms with Crippen molar-refractivity contribution in [3.8, 4) is 0 Å². The number of hydrogen-bond acceptors (Lipinski definition) is 2. The molecule has 0 aromatic heterocycles. The van der Waals surface area contributed by atoms with E-state index in [-0.39, 0.29) is 12.1 Å². The van der Waals surface area contributed by atoms with E-state index in [9.17, 15) is 4.79 Å². The first-order valence-electron chi connectivity index (χ1n) is 4.43. The molecule has 0 heterocycles. The monoisotopic (exact) mass is 170 g/mol. The second-order valence-electron chi connectivity index (χ2n) is 3.30. The molecule has 0 spiro atoms. The zero-order chi connectivity index (χ0) is 9.56. The highest BCUT2D eigenvalue weighted by Gasteiger charge is 2.11. The van der Waals surface area contributed by atoms with Gasteiger partial charge in [0, 0.05) is 6.08 Å². The number of carbonyl (C=O) groups excluding carboxylic acids is 1. The van der Waals surface area contributed by atoms with Crippen LogP contribution >= 0.6 is 0 Å². The van der Waals surface area contributed by atoms with Gasteiger partial charge in [0.25, 0.3) is 0 Å². The van der Waals surface area contributed by atoms with Crippen LogP contribution in [0.1, 0.15) is 33.6 Å². The van der Waals surface area contributed by atoms with Crippen LogP contribution in [-0.4, -0.2) is 12.1 Å². The summed E-state index contributed by atoms with van der Waals surface area (Å²) in [4.78, 5) is 10.8. The lowest BCUT2D eigenvalue weighted by Crippen LogP contribution is -2.17. The van der Waals surface area contributed by atoms with Crippen molar-refractivity contribution in [2.75, 3.05) is 0 Å². The first kappa shape index (κ1) is 11.2. The largest absolute Gasteiger partial charge is 0.459 e. The van der Waals surface area contributed by atoms with Crippen molar-refractivity contribution in [3.63, 3.8) is 0 Å². The Kier molecular flexibility index (Phi) is 5.43. The zero-order valence-electron chi connectivity index (χ0n) is 8.17. The quantitative estimate of drug-likeness (QED) is 0.468. The SMILES string of the molecule is C=CC(=O)OC(CC)CC(C)C. The fourth-order valence-electron chi connectivity index (χ4n) is 1.04. The van der Waals surface area contributed by atoms with E-state index < -0.39 is 0 Å². The number of esters is 1. The molecule has 0 aromatic carbocycles. The summed E-state index contributed by atoms with van der Waals surface area (Å²) in [6, 6.07) is 0. The molecule has 0 N–H and O–H groups in total. The van der Waals surface area contributed by atoms with Gasteiger partial charge >= 0.3 is 5.97 Å². The van der Waals surface area contributed by atoms with Crippen LogP contribution in [0.5, 0.6) is 0 Å². The number of ether oxygens (including phenoxy) is 1. The molecule has 0 bridgehead atoms. The van der Waals surface area contributed by atoms with Crippen LogP contribution in [0.4, 0.5) is 0 Å². The molecule has 2 heteroatoms. The first-order chi connectivity index (χ1) is 5.60. The van der Waals surface area contributed by atoms with Crippen molar-refractivity contribution in [2.24, 2.45) is 5.92 Å². The molecular formula is C10H18O2. The molecule has 2 nitrogen and oxygen atoms in total. The van der Waals surface area contributed by atoms with Gasteiger partial charge in [-0.25, -0.2) is 4.79 Å². The molecule has 0 saturated heterocycles. The molecule has 0 fully saturated rings. The molecule has 1 unspecified atom stereocenters. The normalized spacial score (nSPS) is 12.7. The predicted octanol–water partition coefficient (Wildman–Crippen LogP) is 2.54. The third-order valence-electron chi connectivity index (χ3n) is 1.64. The van der Waals surface area contributed by atoms with Crippen molar-refractivity contribution in [1.29, 1.82) is 0 Å². The minimum atomic E-state index is -0.317. The van der Waals surface area contributed by atoms with E-state index >= 15 is 0 Å². The summed E-state index contributed by atoms with van der Waals surface area (Å²) in [6.45, 7) is 9.60. The molecule has 70 valence electrons. The molecule has 0 saturated carbocycles. The van der Waals surface area contributed by atoms with Crippen LogP contribution < -0.4 is 0 Å². The summed E-state index contributed by atoms with van der Waals surface area (Å²) in [5.74, 6) is 0.245. The molecule has 0 aliphatic heterocycles. The minimum absolute atomic E-state index is 0.0514.